The largest absolute Gasteiger partial charge is 0.367 e. The Morgan fingerprint density at radius 1 is 1.31 bits per heavy atom. The summed E-state index contributed by atoms with van der Waals surface area (Å²) < 4.78 is 19.2. The summed E-state index contributed by atoms with van der Waals surface area (Å²) in [4.78, 5) is 22.5. The summed E-state index contributed by atoms with van der Waals surface area (Å²) in [5.74, 6) is 0.149. The van der Waals surface area contributed by atoms with Crippen LogP contribution < -0.4 is 10.6 Å². The first kappa shape index (κ1) is 23.0. The highest BCUT2D eigenvalue weighted by Crippen LogP contribution is 2.25. The number of hydrogen-bond acceptors (Lipinski definition) is 4. The van der Waals surface area contributed by atoms with E-state index in [0.29, 0.717) is 24.7 Å². The molecule has 2 heterocycles. The van der Waals surface area contributed by atoms with Gasteiger partial charge < -0.3 is 20.3 Å². The molecule has 0 bridgehead atoms. The average molecular weight is 513 g/mol. The summed E-state index contributed by atoms with van der Waals surface area (Å²) >= 11 is 0. The second kappa shape index (κ2) is 11.1. The number of amides is 1. The third-order valence-electron chi connectivity index (χ3n) is 4.37. The number of rotatable bonds is 4. The number of ether oxygens (including phenoxy) is 1. The normalized spacial score (nSPS) is 19.3. The van der Waals surface area contributed by atoms with Crippen molar-refractivity contribution in [1.82, 2.24) is 15.2 Å². The van der Waals surface area contributed by atoms with Gasteiger partial charge in [0, 0.05) is 19.8 Å². The molecule has 2 N–H and O–H groups in total. The van der Waals surface area contributed by atoms with E-state index < -0.39 is 0 Å². The molecule has 1 aliphatic rings. The maximum atomic E-state index is 13.2. The van der Waals surface area contributed by atoms with Crippen LogP contribution in [0, 0.1) is 5.82 Å². The Bertz CT molecular complexity index is 819. The van der Waals surface area contributed by atoms with Crippen molar-refractivity contribution in [2.45, 2.75) is 19.1 Å². The van der Waals surface area contributed by atoms with Gasteiger partial charge in [-0.05, 0) is 36.8 Å². The number of guanidine groups is 1. The van der Waals surface area contributed by atoms with Crippen LogP contribution in [0.15, 0.2) is 53.8 Å². The van der Waals surface area contributed by atoms with Gasteiger partial charge >= 0.3 is 0 Å². The molecule has 3 rings (SSSR count). The van der Waals surface area contributed by atoms with Gasteiger partial charge in [0.05, 0.1) is 31.1 Å². The van der Waals surface area contributed by atoms with Gasteiger partial charge in [-0.25, -0.2) is 4.39 Å². The van der Waals surface area contributed by atoms with Crippen molar-refractivity contribution < 1.29 is 13.9 Å². The molecule has 2 atom stereocenters. The third kappa shape index (κ3) is 6.64. The van der Waals surface area contributed by atoms with Crippen LogP contribution in [0.4, 0.5) is 10.1 Å². The predicted octanol–water partition coefficient (Wildman–Crippen LogP) is 2.81. The standard InChI is InChI=1S/C20H24FN5O2.HI/c1-14-12-26(13-18(28-14)15-5-7-16(21)8-6-15)20(22-2)24-11-19(27)25-17-4-3-9-23-10-17;/h3-10,14,18H,11-13H2,1-2H3,(H,22,24)(H,25,27);1H. The van der Waals surface area contributed by atoms with Gasteiger partial charge in [0.25, 0.3) is 0 Å². The zero-order valence-corrected chi connectivity index (χ0v) is 18.7. The Hall–Kier alpha value is -2.27. The summed E-state index contributed by atoms with van der Waals surface area (Å²) in [6, 6.07) is 9.85. The predicted molar refractivity (Wildman–Crippen MR) is 121 cm³/mol. The molecule has 1 saturated heterocycles. The molecule has 0 aliphatic carbocycles. The molecule has 1 fully saturated rings. The molecule has 1 amide bonds. The molecule has 29 heavy (non-hydrogen) atoms. The number of morpholine rings is 1. The molecule has 9 heteroatoms. The number of benzene rings is 1. The van der Waals surface area contributed by atoms with Crippen LogP contribution in [0.5, 0.6) is 0 Å². The molecular formula is C20H25FIN5O2. The van der Waals surface area contributed by atoms with Crippen molar-refractivity contribution in [2.75, 3.05) is 32.0 Å². The zero-order valence-electron chi connectivity index (χ0n) is 16.3. The lowest BCUT2D eigenvalue weighted by Gasteiger charge is -2.38. The maximum Gasteiger partial charge on any atom is 0.243 e. The van der Waals surface area contributed by atoms with Gasteiger partial charge in [-0.1, -0.05) is 12.1 Å². The van der Waals surface area contributed by atoms with E-state index >= 15 is 0 Å². The quantitative estimate of drug-likeness (QED) is 0.374. The Labute approximate surface area is 186 Å². The molecule has 7 nitrogen and oxygen atoms in total. The molecule has 156 valence electrons. The Balaban J connectivity index is 0.00000300. The zero-order chi connectivity index (χ0) is 19.9. The van der Waals surface area contributed by atoms with Gasteiger partial charge in [0.1, 0.15) is 11.9 Å². The van der Waals surface area contributed by atoms with Crippen LogP contribution in [0.25, 0.3) is 0 Å². The van der Waals surface area contributed by atoms with Crippen LogP contribution in [0.2, 0.25) is 0 Å². The van der Waals surface area contributed by atoms with E-state index in [1.165, 1.54) is 12.1 Å². The number of nitrogens with one attached hydrogen (secondary N) is 2. The summed E-state index contributed by atoms with van der Waals surface area (Å²) in [6.07, 6.45) is 3.00. The highest BCUT2D eigenvalue weighted by atomic mass is 127. The lowest BCUT2D eigenvalue weighted by atomic mass is 10.1. The van der Waals surface area contributed by atoms with Gasteiger partial charge in [0.15, 0.2) is 5.96 Å². The Morgan fingerprint density at radius 2 is 2.07 bits per heavy atom. The lowest BCUT2D eigenvalue weighted by Crippen LogP contribution is -2.51. The van der Waals surface area contributed by atoms with Crippen molar-refractivity contribution in [3.63, 3.8) is 0 Å². The number of carbonyl (C=O) groups is 1. The van der Waals surface area contributed by atoms with Crippen LogP contribution in [0.3, 0.4) is 0 Å². The fourth-order valence-corrected chi connectivity index (χ4v) is 3.12. The van der Waals surface area contributed by atoms with E-state index in [2.05, 4.69) is 20.6 Å². The second-order valence-electron chi connectivity index (χ2n) is 6.58. The highest BCUT2D eigenvalue weighted by molar-refractivity contribution is 14.0. The molecule has 0 radical (unpaired) electrons. The third-order valence-corrected chi connectivity index (χ3v) is 4.37. The topological polar surface area (TPSA) is 78.8 Å². The van der Waals surface area contributed by atoms with Crippen LogP contribution in [-0.4, -0.2) is 54.5 Å². The number of hydrogen-bond donors (Lipinski definition) is 2. The molecule has 1 aliphatic heterocycles. The SMILES string of the molecule is CN=C(NCC(=O)Nc1cccnc1)N1CC(C)OC(c2ccc(F)cc2)C1.I. The Kier molecular flexibility index (Phi) is 8.77. The Morgan fingerprint density at radius 3 is 2.72 bits per heavy atom. The summed E-state index contributed by atoms with van der Waals surface area (Å²) in [7, 11) is 1.67. The van der Waals surface area contributed by atoms with Gasteiger partial charge in [-0.3, -0.25) is 14.8 Å². The number of halogens is 2. The van der Waals surface area contributed by atoms with E-state index in [9.17, 15) is 9.18 Å². The molecule has 2 aromatic rings. The van der Waals surface area contributed by atoms with Crippen LogP contribution in [0.1, 0.15) is 18.6 Å². The van der Waals surface area contributed by atoms with E-state index in [1.807, 2.05) is 11.8 Å². The van der Waals surface area contributed by atoms with E-state index in [0.717, 1.165) is 5.56 Å². The molecule has 0 saturated carbocycles. The van der Waals surface area contributed by atoms with E-state index in [1.54, 1.807) is 43.7 Å². The van der Waals surface area contributed by atoms with Crippen molar-refractivity contribution in [3.8, 4) is 0 Å². The first-order chi connectivity index (χ1) is 13.5. The van der Waals surface area contributed by atoms with E-state index in [4.69, 9.17) is 4.74 Å². The summed E-state index contributed by atoms with van der Waals surface area (Å²) in [5, 5.41) is 5.86. The number of aliphatic imine (C=N–C) groups is 1. The fourth-order valence-electron chi connectivity index (χ4n) is 3.12. The molecular weight excluding hydrogens is 488 g/mol. The maximum absolute atomic E-state index is 13.2. The minimum atomic E-state index is -0.276. The molecule has 2 unspecified atom stereocenters. The number of carbonyl (C=O) groups excluding carboxylic acids is 1. The van der Waals surface area contributed by atoms with Crippen molar-refractivity contribution >= 4 is 41.5 Å². The summed E-state index contributed by atoms with van der Waals surface area (Å²) in [5.41, 5.74) is 1.54. The monoisotopic (exact) mass is 513 g/mol. The molecule has 0 spiro atoms. The van der Waals surface area contributed by atoms with Gasteiger partial charge in [-0.15, -0.1) is 24.0 Å². The molecule has 1 aromatic heterocycles. The lowest BCUT2D eigenvalue weighted by molar-refractivity contribution is -0.115. The van der Waals surface area contributed by atoms with Crippen LogP contribution >= 0.6 is 24.0 Å². The number of pyridine rings is 1. The average Bonchev–Trinajstić information content (AvgIpc) is 2.69. The minimum absolute atomic E-state index is 0. The minimum Gasteiger partial charge on any atom is -0.367 e. The molecule has 1 aromatic carbocycles. The first-order valence-corrected chi connectivity index (χ1v) is 9.11. The number of aromatic nitrogens is 1. The number of nitrogens with zero attached hydrogens (tertiary/aromatic N) is 3. The van der Waals surface area contributed by atoms with Gasteiger partial charge in [-0.2, -0.15) is 0 Å². The smallest absolute Gasteiger partial charge is 0.243 e. The highest BCUT2D eigenvalue weighted by Gasteiger charge is 2.28. The van der Waals surface area contributed by atoms with Crippen molar-refractivity contribution in [1.29, 1.82) is 0 Å². The van der Waals surface area contributed by atoms with Gasteiger partial charge in [0.2, 0.25) is 5.91 Å². The first-order valence-electron chi connectivity index (χ1n) is 9.11. The van der Waals surface area contributed by atoms with Crippen molar-refractivity contribution in [2.24, 2.45) is 4.99 Å². The summed E-state index contributed by atoms with van der Waals surface area (Å²) in [6.45, 7) is 3.25. The van der Waals surface area contributed by atoms with Crippen molar-refractivity contribution in [3.05, 3.63) is 60.2 Å². The van der Waals surface area contributed by atoms with Crippen LogP contribution in [-0.2, 0) is 9.53 Å². The fraction of sp³-hybridized carbons (Fsp3) is 0.350. The second-order valence-corrected chi connectivity index (χ2v) is 6.58. The number of anilines is 1. The van der Waals surface area contributed by atoms with E-state index in [-0.39, 0.29) is 54.5 Å².